The van der Waals surface area contributed by atoms with Crippen LogP contribution in [0.3, 0.4) is 0 Å². The van der Waals surface area contributed by atoms with Crippen molar-refractivity contribution in [2.24, 2.45) is 0 Å². The highest BCUT2D eigenvalue weighted by molar-refractivity contribution is 5.79. The van der Waals surface area contributed by atoms with Crippen LogP contribution in [-0.2, 0) is 11.3 Å². The lowest BCUT2D eigenvalue weighted by atomic mass is 10.0. The summed E-state index contributed by atoms with van der Waals surface area (Å²) in [5.41, 5.74) is 1.47. The molecule has 1 unspecified atom stereocenters. The minimum atomic E-state index is -0.195. The zero-order valence-corrected chi connectivity index (χ0v) is 15.9. The number of nitrogens with zero attached hydrogens (tertiary/aromatic N) is 3. The molecule has 0 bridgehead atoms. The summed E-state index contributed by atoms with van der Waals surface area (Å²) in [5, 5.41) is 0.521. The molecule has 7 nitrogen and oxygen atoms in total. The van der Waals surface area contributed by atoms with Gasteiger partial charge < -0.3 is 14.4 Å². The third-order valence-electron chi connectivity index (χ3n) is 5.56. The van der Waals surface area contributed by atoms with Crippen molar-refractivity contribution in [3.05, 3.63) is 64.7 Å². The fraction of sp³-hybridized carbons (Fsp3) is 0.318. The highest BCUT2D eigenvalue weighted by Gasteiger charge is 2.31. The van der Waals surface area contributed by atoms with Crippen molar-refractivity contribution in [3.63, 3.8) is 0 Å². The van der Waals surface area contributed by atoms with Crippen molar-refractivity contribution < 1.29 is 14.3 Å². The van der Waals surface area contributed by atoms with Crippen LogP contribution in [0.25, 0.3) is 10.9 Å². The Morgan fingerprint density at radius 3 is 2.83 bits per heavy atom. The van der Waals surface area contributed by atoms with Crippen LogP contribution in [-0.4, -0.2) is 40.1 Å². The van der Waals surface area contributed by atoms with Gasteiger partial charge in [0.2, 0.25) is 5.91 Å². The Bertz CT molecular complexity index is 1140. The van der Waals surface area contributed by atoms with Crippen LogP contribution in [0.2, 0.25) is 0 Å². The van der Waals surface area contributed by atoms with Crippen molar-refractivity contribution in [1.82, 2.24) is 14.5 Å². The lowest BCUT2D eigenvalue weighted by Gasteiger charge is -2.27. The summed E-state index contributed by atoms with van der Waals surface area (Å²) in [6, 6.07) is 13.0. The maximum atomic E-state index is 13.1. The summed E-state index contributed by atoms with van der Waals surface area (Å²) >= 11 is 0. The van der Waals surface area contributed by atoms with E-state index >= 15 is 0 Å². The summed E-state index contributed by atoms with van der Waals surface area (Å²) in [6.07, 6.45) is 3.27. The first-order valence-corrected chi connectivity index (χ1v) is 9.84. The number of aromatic nitrogens is 2. The fourth-order valence-corrected chi connectivity index (χ4v) is 4.13. The van der Waals surface area contributed by atoms with Crippen molar-refractivity contribution in [1.29, 1.82) is 0 Å². The topological polar surface area (TPSA) is 73.7 Å². The lowest BCUT2D eigenvalue weighted by molar-refractivity contribution is -0.132. The number of benzene rings is 2. The minimum Gasteiger partial charge on any atom is -0.486 e. The first-order valence-electron chi connectivity index (χ1n) is 9.84. The van der Waals surface area contributed by atoms with E-state index in [-0.39, 0.29) is 24.1 Å². The molecule has 0 aliphatic carbocycles. The number of hydrogen-bond acceptors (Lipinski definition) is 5. The van der Waals surface area contributed by atoms with E-state index < -0.39 is 0 Å². The number of hydrogen-bond donors (Lipinski definition) is 0. The number of para-hydroxylation sites is 1. The second-order valence-electron chi connectivity index (χ2n) is 7.34. The molecule has 0 saturated carbocycles. The van der Waals surface area contributed by atoms with Crippen LogP contribution >= 0.6 is 0 Å². The maximum Gasteiger partial charge on any atom is 0.261 e. The zero-order chi connectivity index (χ0) is 19.8. The lowest BCUT2D eigenvalue weighted by Crippen LogP contribution is -2.36. The molecule has 3 aromatic rings. The van der Waals surface area contributed by atoms with Crippen LogP contribution in [0.1, 0.15) is 24.4 Å². The fourth-order valence-electron chi connectivity index (χ4n) is 4.13. The van der Waals surface area contributed by atoms with Gasteiger partial charge in [0.05, 0.1) is 23.3 Å². The second kappa shape index (κ2) is 7.24. The Morgan fingerprint density at radius 1 is 1.10 bits per heavy atom. The van der Waals surface area contributed by atoms with E-state index in [0.29, 0.717) is 30.7 Å². The third-order valence-corrected chi connectivity index (χ3v) is 5.56. The summed E-state index contributed by atoms with van der Waals surface area (Å²) in [5.74, 6) is 1.38. The SMILES string of the molecule is O=C(Cn1cnc2ccccc2c1=O)N1CCCC1c1ccc2c(c1)OCCO2. The minimum absolute atomic E-state index is 0.0162. The number of carbonyl (C=O) groups excluding carboxylic acids is 1. The standard InChI is InChI=1S/C22H21N3O4/c26-21(13-24-14-23-17-5-2-1-4-16(17)22(24)27)25-9-3-6-18(25)15-7-8-19-20(12-15)29-11-10-28-19/h1-2,4-5,7-8,12,14,18H,3,6,9-11,13H2. The summed E-state index contributed by atoms with van der Waals surface area (Å²) in [4.78, 5) is 31.9. The van der Waals surface area contributed by atoms with Gasteiger partial charge in [0.15, 0.2) is 11.5 Å². The summed E-state index contributed by atoms with van der Waals surface area (Å²) in [6.45, 7) is 1.74. The van der Waals surface area contributed by atoms with Crippen LogP contribution < -0.4 is 15.0 Å². The molecule has 1 atom stereocenters. The number of carbonyl (C=O) groups is 1. The molecule has 148 valence electrons. The van der Waals surface area contributed by atoms with Gasteiger partial charge in [-0.1, -0.05) is 18.2 Å². The van der Waals surface area contributed by atoms with E-state index in [2.05, 4.69) is 4.98 Å². The number of fused-ring (bicyclic) bond motifs is 2. The Hall–Kier alpha value is -3.35. The van der Waals surface area contributed by atoms with Gasteiger partial charge in [-0.15, -0.1) is 0 Å². The number of ether oxygens (including phenoxy) is 2. The highest BCUT2D eigenvalue weighted by Crippen LogP contribution is 2.38. The molecule has 29 heavy (non-hydrogen) atoms. The number of rotatable bonds is 3. The van der Waals surface area contributed by atoms with Gasteiger partial charge in [0.1, 0.15) is 19.8 Å². The molecule has 3 heterocycles. The second-order valence-corrected chi connectivity index (χ2v) is 7.34. The Kier molecular flexibility index (Phi) is 4.42. The first kappa shape index (κ1) is 17.7. The third kappa shape index (κ3) is 3.22. The Balaban J connectivity index is 1.39. The van der Waals surface area contributed by atoms with Crippen LogP contribution in [0.4, 0.5) is 0 Å². The predicted molar refractivity (Wildman–Crippen MR) is 107 cm³/mol. The van der Waals surface area contributed by atoms with E-state index in [9.17, 15) is 9.59 Å². The molecule has 7 heteroatoms. The van der Waals surface area contributed by atoms with Crippen molar-refractivity contribution >= 4 is 16.8 Å². The van der Waals surface area contributed by atoms with Gasteiger partial charge in [-0.3, -0.25) is 14.2 Å². The molecule has 1 amide bonds. The molecule has 5 rings (SSSR count). The summed E-state index contributed by atoms with van der Waals surface area (Å²) < 4.78 is 12.7. The maximum absolute atomic E-state index is 13.1. The summed E-state index contributed by atoms with van der Waals surface area (Å²) in [7, 11) is 0. The van der Waals surface area contributed by atoms with Crippen LogP contribution in [0.15, 0.2) is 53.6 Å². The molecule has 2 aliphatic rings. The van der Waals surface area contributed by atoms with Crippen molar-refractivity contribution in [2.75, 3.05) is 19.8 Å². The highest BCUT2D eigenvalue weighted by atomic mass is 16.6. The molecular formula is C22H21N3O4. The average molecular weight is 391 g/mol. The molecule has 0 radical (unpaired) electrons. The Morgan fingerprint density at radius 2 is 1.93 bits per heavy atom. The largest absolute Gasteiger partial charge is 0.486 e. The van der Waals surface area contributed by atoms with E-state index in [1.165, 1.54) is 10.9 Å². The van der Waals surface area contributed by atoms with Gasteiger partial charge in [-0.05, 0) is 42.7 Å². The molecule has 1 aromatic heterocycles. The van der Waals surface area contributed by atoms with Gasteiger partial charge in [-0.25, -0.2) is 4.98 Å². The number of likely N-dealkylation sites (tertiary alicyclic amines) is 1. The molecule has 2 aliphatic heterocycles. The Labute approximate surface area is 167 Å². The van der Waals surface area contributed by atoms with Gasteiger partial charge in [0.25, 0.3) is 5.56 Å². The number of amides is 1. The van der Waals surface area contributed by atoms with Crippen molar-refractivity contribution in [2.45, 2.75) is 25.4 Å². The van der Waals surface area contributed by atoms with Gasteiger partial charge in [-0.2, -0.15) is 0 Å². The van der Waals surface area contributed by atoms with E-state index in [1.807, 2.05) is 29.2 Å². The molecule has 1 fully saturated rings. The van der Waals surface area contributed by atoms with Gasteiger partial charge >= 0.3 is 0 Å². The van der Waals surface area contributed by atoms with Crippen molar-refractivity contribution in [3.8, 4) is 11.5 Å². The van der Waals surface area contributed by atoms with E-state index in [1.54, 1.807) is 18.2 Å². The first-order chi connectivity index (χ1) is 14.2. The molecule has 0 spiro atoms. The zero-order valence-electron chi connectivity index (χ0n) is 15.9. The normalized spacial score (nSPS) is 18.2. The van der Waals surface area contributed by atoms with E-state index in [4.69, 9.17) is 9.47 Å². The van der Waals surface area contributed by atoms with Crippen LogP contribution in [0, 0.1) is 0 Å². The quantitative estimate of drug-likeness (QED) is 0.686. The molecular weight excluding hydrogens is 370 g/mol. The monoisotopic (exact) mass is 391 g/mol. The van der Waals surface area contributed by atoms with E-state index in [0.717, 1.165) is 29.9 Å². The molecule has 1 saturated heterocycles. The smallest absolute Gasteiger partial charge is 0.261 e. The van der Waals surface area contributed by atoms with Crippen LogP contribution in [0.5, 0.6) is 11.5 Å². The predicted octanol–water partition coefficient (Wildman–Crippen LogP) is 2.53. The molecule has 2 aromatic carbocycles. The average Bonchev–Trinajstić information content (AvgIpc) is 3.26. The van der Waals surface area contributed by atoms with Gasteiger partial charge in [0, 0.05) is 6.54 Å². The molecule has 0 N–H and O–H groups in total.